The fourth-order valence-electron chi connectivity index (χ4n) is 2.15. The molecule has 1 aromatic carbocycles. The van der Waals surface area contributed by atoms with Crippen LogP contribution in [0.1, 0.15) is 40.5 Å². The summed E-state index contributed by atoms with van der Waals surface area (Å²) in [5, 5.41) is 0. The van der Waals surface area contributed by atoms with Crippen molar-refractivity contribution in [1.29, 1.82) is 0 Å². The van der Waals surface area contributed by atoms with Crippen molar-refractivity contribution in [1.82, 2.24) is 0 Å². The van der Waals surface area contributed by atoms with E-state index < -0.39 is 0 Å². The molecule has 0 radical (unpaired) electrons. The van der Waals surface area contributed by atoms with Crippen LogP contribution in [0.5, 0.6) is 5.75 Å². The van der Waals surface area contributed by atoms with Crippen LogP contribution in [0.15, 0.2) is 18.2 Å². The maximum atomic E-state index is 5.94. The van der Waals surface area contributed by atoms with Crippen LogP contribution in [0.25, 0.3) is 0 Å². The van der Waals surface area contributed by atoms with Gasteiger partial charge in [-0.3, -0.25) is 0 Å². The highest BCUT2D eigenvalue weighted by molar-refractivity contribution is 5.62. The molecular weight excluding hydrogens is 224 g/mol. The van der Waals surface area contributed by atoms with Crippen LogP contribution in [0.3, 0.4) is 0 Å². The van der Waals surface area contributed by atoms with Gasteiger partial charge in [-0.1, -0.05) is 13.8 Å². The molecule has 0 aliphatic heterocycles. The van der Waals surface area contributed by atoms with Crippen molar-refractivity contribution in [3.05, 3.63) is 18.2 Å². The van der Waals surface area contributed by atoms with Gasteiger partial charge >= 0.3 is 0 Å². The van der Waals surface area contributed by atoms with E-state index in [1.807, 2.05) is 26.0 Å². The van der Waals surface area contributed by atoms with Gasteiger partial charge in [0.15, 0.2) is 0 Å². The van der Waals surface area contributed by atoms with E-state index in [4.69, 9.17) is 10.5 Å². The van der Waals surface area contributed by atoms with Crippen LogP contribution in [-0.4, -0.2) is 19.2 Å². The molecular formula is C15H26N2O. The topological polar surface area (TPSA) is 38.5 Å². The molecule has 1 rings (SSSR count). The second-order valence-electron chi connectivity index (χ2n) is 4.97. The first-order valence-corrected chi connectivity index (χ1v) is 6.78. The van der Waals surface area contributed by atoms with Crippen LogP contribution in [0.2, 0.25) is 0 Å². The third-order valence-electron chi connectivity index (χ3n) is 3.26. The first-order valence-electron chi connectivity index (χ1n) is 6.78. The predicted molar refractivity (Wildman–Crippen MR) is 79.4 cm³/mol. The van der Waals surface area contributed by atoms with Gasteiger partial charge in [-0.05, 0) is 38.8 Å². The van der Waals surface area contributed by atoms with E-state index in [1.165, 1.54) is 0 Å². The second kappa shape index (κ2) is 6.53. The lowest BCUT2D eigenvalue weighted by atomic mass is 10.1. The molecule has 1 aromatic rings. The lowest BCUT2D eigenvalue weighted by molar-refractivity contribution is 0.244. The highest BCUT2D eigenvalue weighted by Crippen LogP contribution is 2.29. The minimum atomic E-state index is 0.140. The molecule has 0 aliphatic rings. The molecule has 3 heteroatoms. The summed E-state index contributed by atoms with van der Waals surface area (Å²) in [5.74, 6) is 0.778. The van der Waals surface area contributed by atoms with Crippen LogP contribution >= 0.6 is 0 Å². The number of nitrogens with zero attached hydrogens (tertiary/aromatic N) is 1. The van der Waals surface area contributed by atoms with Crippen molar-refractivity contribution in [2.75, 3.05) is 17.7 Å². The molecule has 0 bridgehead atoms. The molecule has 0 saturated carbocycles. The van der Waals surface area contributed by atoms with Crippen molar-refractivity contribution in [2.24, 2.45) is 0 Å². The summed E-state index contributed by atoms with van der Waals surface area (Å²) in [6.45, 7) is 8.45. The molecule has 2 N–H and O–H groups in total. The molecule has 0 heterocycles. The summed E-state index contributed by atoms with van der Waals surface area (Å²) in [6, 6.07) is 6.57. The third-order valence-corrected chi connectivity index (χ3v) is 3.26. The van der Waals surface area contributed by atoms with Crippen LogP contribution < -0.4 is 15.4 Å². The number of nitrogen functional groups attached to an aromatic ring is 1. The standard InChI is InChI=1S/C15H26N2O/c1-6-12(7-2)17(5)13-8-9-14(16)15(10-13)18-11(3)4/h8-12H,6-7,16H2,1-5H3. The molecule has 3 nitrogen and oxygen atoms in total. The Kier molecular flexibility index (Phi) is 5.32. The molecule has 0 amide bonds. The van der Waals surface area contributed by atoms with Crippen molar-refractivity contribution < 1.29 is 4.74 Å². The SMILES string of the molecule is CCC(CC)N(C)c1ccc(N)c(OC(C)C)c1. The largest absolute Gasteiger partial charge is 0.489 e. The van der Waals surface area contributed by atoms with Gasteiger partial charge in [-0.15, -0.1) is 0 Å². The fourth-order valence-corrected chi connectivity index (χ4v) is 2.15. The highest BCUT2D eigenvalue weighted by Gasteiger charge is 2.13. The Labute approximate surface area is 111 Å². The van der Waals surface area contributed by atoms with Crippen molar-refractivity contribution in [3.8, 4) is 5.75 Å². The summed E-state index contributed by atoms with van der Waals surface area (Å²) in [5.41, 5.74) is 7.80. The van der Waals surface area contributed by atoms with E-state index in [-0.39, 0.29) is 6.10 Å². The van der Waals surface area contributed by atoms with E-state index in [9.17, 15) is 0 Å². The summed E-state index contributed by atoms with van der Waals surface area (Å²) >= 11 is 0. The van der Waals surface area contributed by atoms with Crippen molar-refractivity contribution in [3.63, 3.8) is 0 Å². The Morgan fingerprint density at radius 3 is 2.33 bits per heavy atom. The summed E-state index contributed by atoms with van der Waals surface area (Å²) in [6.07, 6.45) is 2.41. The average Bonchev–Trinajstić information content (AvgIpc) is 2.32. The van der Waals surface area contributed by atoms with Crippen molar-refractivity contribution >= 4 is 11.4 Å². The number of hydrogen-bond acceptors (Lipinski definition) is 3. The number of anilines is 2. The smallest absolute Gasteiger partial charge is 0.144 e. The number of benzene rings is 1. The quantitative estimate of drug-likeness (QED) is 0.783. The normalized spacial score (nSPS) is 11.1. The first-order chi connectivity index (χ1) is 8.49. The lowest BCUT2D eigenvalue weighted by Gasteiger charge is -2.29. The molecule has 0 aliphatic carbocycles. The van der Waals surface area contributed by atoms with Gasteiger partial charge < -0.3 is 15.4 Å². The average molecular weight is 250 g/mol. The summed E-state index contributed by atoms with van der Waals surface area (Å²) < 4.78 is 5.73. The Bertz CT molecular complexity index is 373. The molecule has 102 valence electrons. The minimum absolute atomic E-state index is 0.140. The number of rotatable bonds is 6. The van der Waals surface area contributed by atoms with Crippen LogP contribution in [0.4, 0.5) is 11.4 Å². The van der Waals surface area contributed by atoms with E-state index >= 15 is 0 Å². The predicted octanol–water partition coefficient (Wildman–Crippen LogP) is 3.68. The molecule has 0 saturated heterocycles. The summed E-state index contributed by atoms with van der Waals surface area (Å²) in [4.78, 5) is 2.30. The lowest BCUT2D eigenvalue weighted by Crippen LogP contribution is -2.30. The van der Waals surface area contributed by atoms with Crippen LogP contribution in [-0.2, 0) is 0 Å². The van der Waals surface area contributed by atoms with E-state index in [0.29, 0.717) is 11.7 Å². The zero-order valence-electron chi connectivity index (χ0n) is 12.2. The number of hydrogen-bond donors (Lipinski definition) is 1. The van der Waals surface area contributed by atoms with Crippen LogP contribution in [0, 0.1) is 0 Å². The summed E-state index contributed by atoms with van der Waals surface area (Å²) in [7, 11) is 2.13. The molecule has 0 unspecified atom stereocenters. The second-order valence-corrected chi connectivity index (χ2v) is 4.97. The van der Waals surface area contributed by atoms with Gasteiger partial charge in [0.05, 0.1) is 11.8 Å². The molecule has 0 spiro atoms. The maximum Gasteiger partial charge on any atom is 0.144 e. The van der Waals surface area contributed by atoms with Gasteiger partial charge in [-0.25, -0.2) is 0 Å². The first kappa shape index (κ1) is 14.7. The zero-order chi connectivity index (χ0) is 13.7. The Morgan fingerprint density at radius 1 is 1.22 bits per heavy atom. The van der Waals surface area contributed by atoms with Gasteiger partial charge in [-0.2, -0.15) is 0 Å². The maximum absolute atomic E-state index is 5.94. The molecule has 0 fully saturated rings. The van der Waals surface area contributed by atoms with E-state index in [0.717, 1.165) is 24.3 Å². The monoisotopic (exact) mass is 250 g/mol. The fraction of sp³-hybridized carbons (Fsp3) is 0.600. The van der Waals surface area contributed by atoms with Gasteiger partial charge in [0.25, 0.3) is 0 Å². The van der Waals surface area contributed by atoms with Gasteiger partial charge in [0.2, 0.25) is 0 Å². The number of ether oxygens (including phenoxy) is 1. The molecule has 0 atom stereocenters. The molecule has 18 heavy (non-hydrogen) atoms. The number of nitrogens with two attached hydrogens (primary N) is 1. The van der Waals surface area contributed by atoms with Gasteiger partial charge in [0.1, 0.15) is 5.75 Å². The van der Waals surface area contributed by atoms with Gasteiger partial charge in [0, 0.05) is 24.8 Å². The Balaban J connectivity index is 2.96. The van der Waals surface area contributed by atoms with Crippen molar-refractivity contribution in [2.45, 2.75) is 52.7 Å². The Hall–Kier alpha value is -1.38. The van der Waals surface area contributed by atoms with E-state index in [1.54, 1.807) is 0 Å². The highest BCUT2D eigenvalue weighted by atomic mass is 16.5. The third kappa shape index (κ3) is 3.56. The molecule has 0 aromatic heterocycles. The van der Waals surface area contributed by atoms with E-state index in [2.05, 4.69) is 31.9 Å². The minimum Gasteiger partial charge on any atom is -0.489 e. The Morgan fingerprint density at radius 2 is 1.83 bits per heavy atom. The zero-order valence-corrected chi connectivity index (χ0v) is 12.2.